The minimum Gasteiger partial charge on any atom is -0.383 e. The molecule has 0 radical (unpaired) electrons. The summed E-state index contributed by atoms with van der Waals surface area (Å²) in [6, 6.07) is 1.88. The molecule has 1 heterocycles. The van der Waals surface area contributed by atoms with Crippen LogP contribution in [0.1, 0.15) is 6.92 Å². The maximum absolute atomic E-state index is 5.73. The second-order valence-electron chi connectivity index (χ2n) is 3.97. The third kappa shape index (κ3) is 5.27. The van der Waals surface area contributed by atoms with Gasteiger partial charge in [-0.2, -0.15) is 9.97 Å². The van der Waals surface area contributed by atoms with Crippen LogP contribution in [0.15, 0.2) is 6.07 Å². The molecule has 3 N–H and O–H groups in total. The molecule has 0 fully saturated rings. The number of nitrogen functional groups attached to an aromatic ring is 1. The van der Waals surface area contributed by atoms with Crippen LogP contribution in [0.4, 0.5) is 17.6 Å². The monoisotopic (exact) mass is 269 g/mol. The number of ether oxygens (including phenoxy) is 2. The molecule has 19 heavy (non-hydrogen) atoms. The van der Waals surface area contributed by atoms with Gasteiger partial charge in [0.25, 0.3) is 0 Å². The maximum Gasteiger partial charge on any atom is 0.223 e. The van der Waals surface area contributed by atoms with Crippen molar-refractivity contribution in [3.05, 3.63) is 6.07 Å². The van der Waals surface area contributed by atoms with Crippen LogP contribution >= 0.6 is 0 Å². The van der Waals surface area contributed by atoms with Crippen molar-refractivity contribution in [2.24, 2.45) is 0 Å². The molecule has 7 nitrogen and oxygen atoms in total. The molecule has 1 aromatic heterocycles. The van der Waals surface area contributed by atoms with Crippen LogP contribution in [-0.2, 0) is 9.47 Å². The van der Waals surface area contributed by atoms with Gasteiger partial charge in [0.05, 0.1) is 13.2 Å². The largest absolute Gasteiger partial charge is 0.383 e. The lowest BCUT2D eigenvalue weighted by atomic mass is 10.4. The first-order valence-electron chi connectivity index (χ1n) is 6.32. The highest BCUT2D eigenvalue weighted by atomic mass is 16.5. The summed E-state index contributed by atoms with van der Waals surface area (Å²) >= 11 is 0. The first-order valence-corrected chi connectivity index (χ1v) is 6.32. The number of hydrogen-bond acceptors (Lipinski definition) is 7. The summed E-state index contributed by atoms with van der Waals surface area (Å²) in [5, 5.41) is 3.14. The Morgan fingerprint density at radius 2 is 1.84 bits per heavy atom. The van der Waals surface area contributed by atoms with Crippen LogP contribution in [0, 0.1) is 0 Å². The third-order valence-electron chi connectivity index (χ3n) is 2.54. The molecule has 0 saturated carbocycles. The van der Waals surface area contributed by atoms with Crippen LogP contribution in [0.5, 0.6) is 0 Å². The highest BCUT2D eigenvalue weighted by Gasteiger charge is 2.10. The zero-order valence-electron chi connectivity index (χ0n) is 11.8. The van der Waals surface area contributed by atoms with E-state index in [2.05, 4.69) is 20.2 Å². The van der Waals surface area contributed by atoms with Gasteiger partial charge < -0.3 is 25.4 Å². The number of nitrogens with one attached hydrogen (secondary N) is 1. The van der Waals surface area contributed by atoms with Crippen molar-refractivity contribution in [2.75, 3.05) is 63.0 Å². The van der Waals surface area contributed by atoms with Gasteiger partial charge in [0.15, 0.2) is 0 Å². The molecule has 1 rings (SSSR count). The molecule has 0 atom stereocenters. The lowest BCUT2D eigenvalue weighted by Crippen LogP contribution is -2.31. The van der Waals surface area contributed by atoms with E-state index in [0.717, 1.165) is 31.3 Å². The van der Waals surface area contributed by atoms with Crippen LogP contribution in [0.3, 0.4) is 0 Å². The van der Waals surface area contributed by atoms with Crippen molar-refractivity contribution in [3.8, 4) is 0 Å². The van der Waals surface area contributed by atoms with E-state index in [1.807, 2.05) is 13.0 Å². The van der Waals surface area contributed by atoms with Gasteiger partial charge in [0.1, 0.15) is 11.6 Å². The summed E-state index contributed by atoms with van der Waals surface area (Å²) in [5.41, 5.74) is 5.73. The van der Waals surface area contributed by atoms with Gasteiger partial charge in [0.2, 0.25) is 5.95 Å². The maximum atomic E-state index is 5.73. The summed E-state index contributed by atoms with van der Waals surface area (Å²) in [4.78, 5) is 10.5. The Kier molecular flexibility index (Phi) is 6.91. The first kappa shape index (κ1) is 15.5. The molecule has 1 aromatic rings. The molecule has 0 unspecified atom stereocenters. The number of methoxy groups -OCH3 is 2. The molecule has 108 valence electrons. The lowest BCUT2D eigenvalue weighted by Gasteiger charge is -2.23. The van der Waals surface area contributed by atoms with Crippen LogP contribution in [0.25, 0.3) is 0 Å². The van der Waals surface area contributed by atoms with Gasteiger partial charge in [-0.25, -0.2) is 0 Å². The second-order valence-corrected chi connectivity index (χ2v) is 3.97. The summed E-state index contributed by atoms with van der Waals surface area (Å²) in [6.07, 6.45) is 0. The Hall–Kier alpha value is -1.60. The minimum atomic E-state index is 0.258. The van der Waals surface area contributed by atoms with E-state index >= 15 is 0 Å². The number of rotatable bonds is 9. The average Bonchev–Trinajstić information content (AvgIpc) is 2.38. The van der Waals surface area contributed by atoms with Crippen molar-refractivity contribution in [1.29, 1.82) is 0 Å². The molecule has 0 amide bonds. The van der Waals surface area contributed by atoms with Crippen molar-refractivity contribution < 1.29 is 9.47 Å². The van der Waals surface area contributed by atoms with Crippen molar-refractivity contribution in [1.82, 2.24) is 9.97 Å². The Morgan fingerprint density at radius 1 is 1.21 bits per heavy atom. The molecule has 0 bridgehead atoms. The average molecular weight is 269 g/mol. The summed E-state index contributed by atoms with van der Waals surface area (Å²) in [5.74, 6) is 1.76. The summed E-state index contributed by atoms with van der Waals surface area (Å²) in [7, 11) is 3.35. The van der Waals surface area contributed by atoms with Gasteiger partial charge in [-0.15, -0.1) is 0 Å². The van der Waals surface area contributed by atoms with E-state index in [0.29, 0.717) is 13.2 Å². The zero-order valence-corrected chi connectivity index (χ0v) is 11.8. The highest BCUT2D eigenvalue weighted by molar-refractivity contribution is 5.52. The van der Waals surface area contributed by atoms with E-state index in [1.165, 1.54) is 0 Å². The van der Waals surface area contributed by atoms with Crippen molar-refractivity contribution in [3.63, 3.8) is 0 Å². The van der Waals surface area contributed by atoms with Gasteiger partial charge in [-0.1, -0.05) is 0 Å². The van der Waals surface area contributed by atoms with E-state index < -0.39 is 0 Å². The Balaban J connectivity index is 2.85. The number of hydrogen-bond donors (Lipinski definition) is 2. The number of aromatic nitrogens is 2. The van der Waals surface area contributed by atoms with Crippen LogP contribution in [-0.4, -0.2) is 57.0 Å². The smallest absolute Gasteiger partial charge is 0.223 e. The molecule has 0 aliphatic rings. The van der Waals surface area contributed by atoms with Gasteiger partial charge >= 0.3 is 0 Å². The SMILES string of the molecule is CCNc1cc(N(CCOC)CCOC)nc(N)n1. The third-order valence-corrected chi connectivity index (χ3v) is 2.54. The molecule has 0 spiro atoms. The minimum absolute atomic E-state index is 0.258. The van der Waals surface area contributed by atoms with E-state index in [1.54, 1.807) is 14.2 Å². The fourth-order valence-corrected chi connectivity index (χ4v) is 1.63. The highest BCUT2D eigenvalue weighted by Crippen LogP contribution is 2.16. The molecular weight excluding hydrogens is 246 g/mol. The van der Waals surface area contributed by atoms with E-state index in [4.69, 9.17) is 15.2 Å². The van der Waals surface area contributed by atoms with Gasteiger partial charge in [-0.3, -0.25) is 0 Å². The zero-order chi connectivity index (χ0) is 14.1. The topological polar surface area (TPSA) is 85.5 Å². The second kappa shape index (κ2) is 8.49. The Morgan fingerprint density at radius 3 is 2.37 bits per heavy atom. The normalized spacial score (nSPS) is 10.5. The lowest BCUT2D eigenvalue weighted by molar-refractivity contribution is 0.190. The molecule has 7 heteroatoms. The van der Waals surface area contributed by atoms with Gasteiger partial charge in [0, 0.05) is 39.9 Å². The molecule has 0 aliphatic heterocycles. The molecule has 0 aliphatic carbocycles. The van der Waals surface area contributed by atoms with E-state index in [9.17, 15) is 0 Å². The fraction of sp³-hybridized carbons (Fsp3) is 0.667. The first-order chi connectivity index (χ1) is 9.21. The summed E-state index contributed by atoms with van der Waals surface area (Å²) < 4.78 is 10.2. The quantitative estimate of drug-likeness (QED) is 0.678. The summed E-state index contributed by atoms with van der Waals surface area (Å²) in [6.45, 7) is 5.47. The number of nitrogens with two attached hydrogens (primary N) is 1. The molecular formula is C12H23N5O2. The van der Waals surface area contributed by atoms with Crippen molar-refractivity contribution >= 4 is 17.6 Å². The molecule has 0 aromatic carbocycles. The van der Waals surface area contributed by atoms with Crippen molar-refractivity contribution in [2.45, 2.75) is 6.92 Å². The predicted octanol–water partition coefficient (Wildman–Crippen LogP) is 0.590. The Labute approximate surface area is 114 Å². The van der Waals surface area contributed by atoms with Crippen LogP contribution in [0.2, 0.25) is 0 Å². The number of nitrogens with zero attached hydrogens (tertiary/aromatic N) is 3. The Bertz CT molecular complexity index is 367. The van der Waals surface area contributed by atoms with Gasteiger partial charge in [-0.05, 0) is 6.92 Å². The molecule has 0 saturated heterocycles. The predicted molar refractivity (Wildman–Crippen MR) is 76.6 cm³/mol. The van der Waals surface area contributed by atoms with Crippen LogP contribution < -0.4 is 16.0 Å². The fourth-order valence-electron chi connectivity index (χ4n) is 1.63. The van der Waals surface area contributed by atoms with E-state index in [-0.39, 0.29) is 5.95 Å². The standard InChI is InChI=1S/C12H23N5O2/c1-4-14-10-9-11(16-12(13)15-10)17(5-7-18-2)6-8-19-3/h9H,4-8H2,1-3H3,(H3,13,14,15,16). The number of anilines is 3.